The van der Waals surface area contributed by atoms with E-state index in [1.54, 1.807) is 0 Å². The van der Waals surface area contributed by atoms with Crippen LogP contribution < -0.4 is 0 Å². The molecule has 0 spiro atoms. The molecule has 0 N–H and O–H groups in total. The molecule has 0 fully saturated rings. The molecule has 1 aliphatic rings. The fraction of sp³-hybridized carbons (Fsp3) is 0.909. The van der Waals surface area contributed by atoms with E-state index in [9.17, 15) is 0 Å². The van der Waals surface area contributed by atoms with Crippen molar-refractivity contribution in [1.29, 1.82) is 0 Å². The van der Waals surface area contributed by atoms with E-state index in [-0.39, 0.29) is 0 Å². The minimum atomic E-state index is 0.966. The molecule has 0 atom stereocenters. The Morgan fingerprint density at radius 3 is 1.13 bits per heavy atom. The largest absolute Gasteiger partial charge is 0.381 e. The average molecular weight is 323 g/mol. The van der Waals surface area contributed by atoms with Gasteiger partial charge in [-0.05, 0) is 38.5 Å². The van der Waals surface area contributed by atoms with E-state index in [4.69, 9.17) is 4.74 Å². The maximum Gasteiger partial charge on any atom is 0.0466 e. The van der Waals surface area contributed by atoms with Gasteiger partial charge in [0.1, 0.15) is 0 Å². The van der Waals surface area contributed by atoms with E-state index in [0.29, 0.717) is 0 Å². The lowest BCUT2D eigenvalue weighted by molar-refractivity contribution is 0.126. The molecule has 0 amide bonds. The molecule has 0 radical (unpaired) electrons. The summed E-state index contributed by atoms with van der Waals surface area (Å²) in [6, 6.07) is 0. The van der Waals surface area contributed by atoms with Crippen LogP contribution in [0.5, 0.6) is 0 Å². The topological polar surface area (TPSA) is 9.23 Å². The Balaban J connectivity index is 2.05. The second kappa shape index (κ2) is 18.0. The van der Waals surface area contributed by atoms with Crippen molar-refractivity contribution in [3.05, 3.63) is 12.2 Å². The SMILES string of the molecule is C1=CCCCCOCCCCCCCCCCCCCCCC1. The third-order valence-corrected chi connectivity index (χ3v) is 4.99. The summed E-state index contributed by atoms with van der Waals surface area (Å²) in [5.74, 6) is 0. The molecule has 1 heteroatoms. The zero-order chi connectivity index (χ0) is 16.3. The third-order valence-electron chi connectivity index (χ3n) is 4.99. The molecule has 0 aromatic rings. The van der Waals surface area contributed by atoms with Crippen molar-refractivity contribution in [3.8, 4) is 0 Å². The molecular formula is C22H42O. The standard InChI is InChI=1S/C22H42O/c1-2-4-6-8-10-12-14-16-18-20-22-23-21-19-17-15-13-11-9-7-5-3-1/h11,13H,1-10,12,14-22H2. The minimum absolute atomic E-state index is 0.966. The quantitative estimate of drug-likeness (QED) is 0.417. The van der Waals surface area contributed by atoms with Crippen molar-refractivity contribution in [2.75, 3.05) is 13.2 Å². The van der Waals surface area contributed by atoms with Crippen LogP contribution in [0.4, 0.5) is 0 Å². The van der Waals surface area contributed by atoms with Crippen LogP contribution >= 0.6 is 0 Å². The fourth-order valence-electron chi connectivity index (χ4n) is 3.39. The predicted molar refractivity (Wildman–Crippen MR) is 103 cm³/mol. The fourth-order valence-corrected chi connectivity index (χ4v) is 3.39. The van der Waals surface area contributed by atoms with Gasteiger partial charge >= 0.3 is 0 Å². The first kappa shape index (κ1) is 20.7. The minimum Gasteiger partial charge on any atom is -0.381 e. The maximum atomic E-state index is 5.74. The summed E-state index contributed by atoms with van der Waals surface area (Å²) in [5, 5.41) is 0. The highest BCUT2D eigenvalue weighted by Crippen LogP contribution is 2.13. The number of rotatable bonds is 0. The van der Waals surface area contributed by atoms with Crippen LogP contribution in [0.2, 0.25) is 0 Å². The molecule has 0 bridgehead atoms. The number of hydrogen-bond acceptors (Lipinski definition) is 1. The summed E-state index contributed by atoms with van der Waals surface area (Å²) in [6.45, 7) is 1.95. The first-order valence-corrected chi connectivity index (χ1v) is 10.7. The Hall–Kier alpha value is -0.300. The molecule has 0 saturated carbocycles. The molecule has 23 heavy (non-hydrogen) atoms. The van der Waals surface area contributed by atoms with Crippen LogP contribution in [-0.2, 0) is 4.74 Å². The lowest BCUT2D eigenvalue weighted by Crippen LogP contribution is -1.97. The molecule has 1 aliphatic heterocycles. The van der Waals surface area contributed by atoms with Crippen LogP contribution in [0.15, 0.2) is 12.2 Å². The van der Waals surface area contributed by atoms with Crippen molar-refractivity contribution in [1.82, 2.24) is 0 Å². The van der Waals surface area contributed by atoms with Gasteiger partial charge in [-0.25, -0.2) is 0 Å². The first-order chi connectivity index (χ1) is 11.5. The molecule has 0 aliphatic carbocycles. The van der Waals surface area contributed by atoms with Gasteiger partial charge < -0.3 is 4.74 Å². The highest BCUT2D eigenvalue weighted by molar-refractivity contribution is 4.81. The normalized spacial score (nSPS) is 23.3. The van der Waals surface area contributed by atoms with E-state index < -0.39 is 0 Å². The molecule has 0 aromatic carbocycles. The van der Waals surface area contributed by atoms with Gasteiger partial charge in [-0.3, -0.25) is 0 Å². The summed E-state index contributed by atoms with van der Waals surface area (Å²) < 4.78 is 5.74. The Morgan fingerprint density at radius 1 is 0.348 bits per heavy atom. The van der Waals surface area contributed by atoms with E-state index >= 15 is 0 Å². The van der Waals surface area contributed by atoms with Gasteiger partial charge in [-0.2, -0.15) is 0 Å². The van der Waals surface area contributed by atoms with E-state index in [1.165, 1.54) is 116 Å². The number of allylic oxidation sites excluding steroid dienone is 2. The third kappa shape index (κ3) is 16.3. The smallest absolute Gasteiger partial charge is 0.0466 e. The second-order valence-electron chi connectivity index (χ2n) is 7.32. The highest BCUT2D eigenvalue weighted by Gasteiger charge is 1.95. The second-order valence-corrected chi connectivity index (χ2v) is 7.32. The van der Waals surface area contributed by atoms with Gasteiger partial charge in [-0.1, -0.05) is 89.2 Å². The summed E-state index contributed by atoms with van der Waals surface area (Å²) in [6.07, 6.45) is 29.8. The molecule has 1 nitrogen and oxygen atoms in total. The van der Waals surface area contributed by atoms with Gasteiger partial charge in [0.05, 0.1) is 0 Å². The molecule has 1 rings (SSSR count). The van der Waals surface area contributed by atoms with Crippen molar-refractivity contribution < 1.29 is 4.74 Å². The molecule has 136 valence electrons. The molecule has 0 saturated heterocycles. The summed E-state index contributed by atoms with van der Waals surface area (Å²) in [4.78, 5) is 0. The molecule has 0 unspecified atom stereocenters. The Bertz CT molecular complexity index is 222. The van der Waals surface area contributed by atoms with Crippen LogP contribution in [0, 0.1) is 0 Å². The van der Waals surface area contributed by atoms with Crippen LogP contribution in [-0.4, -0.2) is 13.2 Å². The Kier molecular flexibility index (Phi) is 16.3. The summed E-state index contributed by atoms with van der Waals surface area (Å²) >= 11 is 0. The zero-order valence-electron chi connectivity index (χ0n) is 15.7. The van der Waals surface area contributed by atoms with Crippen molar-refractivity contribution >= 4 is 0 Å². The lowest BCUT2D eigenvalue weighted by Gasteiger charge is -2.04. The van der Waals surface area contributed by atoms with Crippen molar-refractivity contribution in [2.24, 2.45) is 0 Å². The molecular weight excluding hydrogens is 280 g/mol. The maximum absolute atomic E-state index is 5.74. The van der Waals surface area contributed by atoms with Crippen molar-refractivity contribution in [3.63, 3.8) is 0 Å². The molecule has 0 aromatic heterocycles. The van der Waals surface area contributed by atoms with E-state index in [1.807, 2.05) is 0 Å². The predicted octanol–water partition coefficient (Wildman–Crippen LogP) is 7.59. The van der Waals surface area contributed by atoms with Crippen molar-refractivity contribution in [2.45, 2.75) is 116 Å². The monoisotopic (exact) mass is 322 g/mol. The van der Waals surface area contributed by atoms with Crippen LogP contribution in [0.1, 0.15) is 116 Å². The Labute approximate surface area is 146 Å². The number of ether oxygens (including phenoxy) is 1. The van der Waals surface area contributed by atoms with Crippen LogP contribution in [0.3, 0.4) is 0 Å². The van der Waals surface area contributed by atoms with E-state index in [0.717, 1.165) is 13.2 Å². The summed E-state index contributed by atoms with van der Waals surface area (Å²) in [5.41, 5.74) is 0. The molecule has 1 heterocycles. The van der Waals surface area contributed by atoms with Gasteiger partial charge in [0.2, 0.25) is 0 Å². The van der Waals surface area contributed by atoms with E-state index in [2.05, 4.69) is 12.2 Å². The Morgan fingerprint density at radius 2 is 0.652 bits per heavy atom. The summed E-state index contributed by atoms with van der Waals surface area (Å²) in [7, 11) is 0. The average Bonchev–Trinajstić information content (AvgIpc) is 2.56. The lowest BCUT2D eigenvalue weighted by atomic mass is 10.0. The highest BCUT2D eigenvalue weighted by atomic mass is 16.5. The number of hydrogen-bond donors (Lipinski definition) is 0. The van der Waals surface area contributed by atoms with Gasteiger partial charge in [0.25, 0.3) is 0 Å². The first-order valence-electron chi connectivity index (χ1n) is 10.7. The van der Waals surface area contributed by atoms with Gasteiger partial charge in [0, 0.05) is 13.2 Å². The zero-order valence-corrected chi connectivity index (χ0v) is 15.7. The van der Waals surface area contributed by atoms with Gasteiger partial charge in [-0.15, -0.1) is 0 Å². The van der Waals surface area contributed by atoms with Crippen LogP contribution in [0.25, 0.3) is 0 Å². The van der Waals surface area contributed by atoms with Gasteiger partial charge in [0.15, 0.2) is 0 Å².